The molecule has 0 aromatic heterocycles. The van der Waals surface area contributed by atoms with Gasteiger partial charge < -0.3 is 75.3 Å². The number of carboxylic acids is 8. The van der Waals surface area contributed by atoms with Crippen LogP contribution in [0.25, 0.3) is 0 Å². The molecule has 0 aliphatic rings. The number of imide groups is 1. The largest absolute Gasteiger partial charge is 0.481 e. The predicted octanol–water partition coefficient (Wildman–Crippen LogP) is -5.72. The van der Waals surface area contributed by atoms with Crippen molar-refractivity contribution in [2.75, 3.05) is 0 Å². The lowest BCUT2D eigenvalue weighted by atomic mass is 9.50. The molecule has 0 aliphatic carbocycles. The van der Waals surface area contributed by atoms with Crippen molar-refractivity contribution in [2.45, 2.75) is 119 Å². The number of amides is 2. The van der Waals surface area contributed by atoms with Crippen LogP contribution in [0, 0.1) is 11.3 Å². The van der Waals surface area contributed by atoms with Crippen molar-refractivity contribution in [3.8, 4) is 0 Å². The predicted molar refractivity (Wildman–Crippen MR) is 205 cm³/mol. The van der Waals surface area contributed by atoms with Crippen molar-refractivity contribution < 1.29 is 108 Å². The van der Waals surface area contributed by atoms with E-state index >= 15 is 14.4 Å². The van der Waals surface area contributed by atoms with Crippen molar-refractivity contribution in [3.63, 3.8) is 0 Å². The van der Waals surface area contributed by atoms with Gasteiger partial charge in [-0.15, -0.1) is 0 Å². The zero-order chi connectivity index (χ0) is 50.2. The first-order chi connectivity index (χ1) is 29.4. The molecule has 8 atom stereocenters. The van der Waals surface area contributed by atoms with Gasteiger partial charge in [0, 0.05) is 38.5 Å². The Kier molecular flexibility index (Phi) is 22.3. The minimum atomic E-state index is -5.16. The van der Waals surface area contributed by atoms with E-state index in [4.69, 9.17) is 34.4 Å². The SMILES string of the molecule is N[C@@H](CCC(=O)O)C(=O)C(C(=O)O)C(C(=O)[C@@H](N)CCC(=O)O)(C(=O)[C@@H](N)CCC(=O)O)[C@](C(=O)O)(C(=O)[C@@H](N)CCC(=O)O)N(C(=O)[C@@H](N)CCC(=O)O)C(=O)[C@@H](N)CCC(=O)O. The molecule has 0 aromatic carbocycles. The maximum absolute atomic E-state index is 15.4. The average molecular weight is 922 g/mol. The van der Waals surface area contributed by atoms with E-state index in [1.807, 2.05) is 0 Å². The first-order valence-corrected chi connectivity index (χ1v) is 18.7. The van der Waals surface area contributed by atoms with Crippen LogP contribution in [-0.4, -0.2) is 170 Å². The minimum Gasteiger partial charge on any atom is -0.481 e. The number of carbonyl (C=O) groups is 14. The van der Waals surface area contributed by atoms with Crippen LogP contribution in [0.3, 0.4) is 0 Å². The minimum absolute atomic E-state index is 0.951. The Bertz CT molecular complexity index is 1820. The third-order valence-electron chi connectivity index (χ3n) is 9.78. The van der Waals surface area contributed by atoms with E-state index in [-0.39, 0.29) is 0 Å². The molecule has 0 aromatic rings. The van der Waals surface area contributed by atoms with Crippen LogP contribution >= 0.6 is 0 Å². The van der Waals surface area contributed by atoms with Gasteiger partial charge in [0.15, 0.2) is 28.5 Å². The maximum Gasteiger partial charge on any atom is 0.339 e. The van der Waals surface area contributed by atoms with E-state index in [1.54, 1.807) is 0 Å². The monoisotopic (exact) mass is 921 g/mol. The summed E-state index contributed by atoms with van der Waals surface area (Å²) in [6, 6.07) is -16.2. The Morgan fingerprint density at radius 3 is 0.875 bits per heavy atom. The molecule has 0 saturated heterocycles. The molecule has 0 spiro atoms. The van der Waals surface area contributed by atoms with Crippen LogP contribution in [0.5, 0.6) is 0 Å². The number of rotatable bonds is 33. The molecule has 0 bridgehead atoms. The molecule has 358 valence electrons. The van der Waals surface area contributed by atoms with Gasteiger partial charge in [-0.05, 0) is 38.5 Å². The van der Waals surface area contributed by atoms with Gasteiger partial charge in [0.05, 0.1) is 36.3 Å². The third kappa shape index (κ3) is 13.9. The summed E-state index contributed by atoms with van der Waals surface area (Å²) in [5.74, 6) is -35.3. The number of hydrogen-bond acceptors (Lipinski definition) is 20. The lowest BCUT2D eigenvalue weighted by Gasteiger charge is -2.53. The summed E-state index contributed by atoms with van der Waals surface area (Å²) in [4.78, 5) is 187. The highest BCUT2D eigenvalue weighted by molar-refractivity contribution is 6.31. The fourth-order valence-corrected chi connectivity index (χ4v) is 6.64. The third-order valence-corrected chi connectivity index (χ3v) is 9.78. The zero-order valence-electron chi connectivity index (χ0n) is 33.7. The van der Waals surface area contributed by atoms with Crippen LogP contribution in [-0.2, 0) is 67.1 Å². The van der Waals surface area contributed by atoms with E-state index in [0.29, 0.717) is 0 Å². The van der Waals surface area contributed by atoms with Crippen LogP contribution in [0.1, 0.15) is 77.0 Å². The van der Waals surface area contributed by atoms with Crippen molar-refractivity contribution in [1.29, 1.82) is 0 Å². The molecule has 0 heterocycles. The van der Waals surface area contributed by atoms with Gasteiger partial charge in [-0.1, -0.05) is 0 Å². The Hall–Kier alpha value is -6.66. The second-order valence-electron chi connectivity index (χ2n) is 14.3. The summed E-state index contributed by atoms with van der Waals surface area (Å²) in [5.41, 5.74) is 25.6. The number of hydrogen-bond donors (Lipinski definition) is 14. The highest BCUT2D eigenvalue weighted by atomic mass is 16.4. The van der Waals surface area contributed by atoms with Gasteiger partial charge in [-0.3, -0.25) is 67.2 Å². The molecule has 20 N–H and O–H groups in total. The van der Waals surface area contributed by atoms with Gasteiger partial charge in [0.1, 0.15) is 5.92 Å². The van der Waals surface area contributed by atoms with E-state index < -0.39 is 218 Å². The van der Waals surface area contributed by atoms with Crippen molar-refractivity contribution in [3.05, 3.63) is 0 Å². The standard InChI is InChI=1S/C35H51N7O22/c36-13(1-7-19(43)44)26(55)25(32(61)62)34(27(56)14(37)2-8-20(45)46,28(57)15(38)3-9-21(47)48)35(33(63)64,29(58)16(39)4-10-22(49)50)42(30(59)17(40)5-11-23(51)52)31(60)18(41)6-12-24(53)54/h13-18,25H,1-12,36-41H2,(H,43,44)(H,45,46)(H,47,48)(H,49,50)(H,51,52)(H,53,54)(H,61,62)(H,63,64)/t13-,14-,15-,16-,17-,18-,25?,35+/m0/s1. The Balaban J connectivity index is 10.2. The fraction of sp³-hybridized carbons (Fsp3) is 0.600. The van der Waals surface area contributed by atoms with Crippen LogP contribution in [0.4, 0.5) is 0 Å². The molecule has 1 unspecified atom stereocenters. The summed E-state index contributed by atoms with van der Waals surface area (Å²) in [6.45, 7) is 0. The highest BCUT2D eigenvalue weighted by Crippen LogP contribution is 2.50. The molecule has 2 amide bonds. The lowest BCUT2D eigenvalue weighted by Crippen LogP contribution is -2.84. The first-order valence-electron chi connectivity index (χ1n) is 18.7. The summed E-state index contributed by atoms with van der Waals surface area (Å²) >= 11 is 0. The molecular formula is C35H51N7O22. The van der Waals surface area contributed by atoms with E-state index in [9.17, 15) is 93.6 Å². The van der Waals surface area contributed by atoms with Gasteiger partial charge in [-0.25, -0.2) is 4.79 Å². The van der Waals surface area contributed by atoms with Crippen LogP contribution < -0.4 is 34.4 Å². The fourth-order valence-electron chi connectivity index (χ4n) is 6.64. The molecule has 29 heteroatoms. The molecule has 0 aliphatic heterocycles. The van der Waals surface area contributed by atoms with Crippen LogP contribution in [0.2, 0.25) is 0 Å². The molecule has 64 heavy (non-hydrogen) atoms. The smallest absolute Gasteiger partial charge is 0.339 e. The van der Waals surface area contributed by atoms with Gasteiger partial charge in [-0.2, -0.15) is 0 Å². The maximum atomic E-state index is 15.4. The van der Waals surface area contributed by atoms with Gasteiger partial charge in [0.25, 0.3) is 0 Å². The summed E-state index contributed by atoms with van der Waals surface area (Å²) < 4.78 is 0. The Morgan fingerprint density at radius 2 is 0.625 bits per heavy atom. The van der Waals surface area contributed by atoms with Crippen molar-refractivity contribution in [2.24, 2.45) is 45.7 Å². The number of Topliss-reactive ketones (excluding diaryl/α,β-unsaturated/α-hetero) is 4. The van der Waals surface area contributed by atoms with E-state index in [2.05, 4.69) is 0 Å². The van der Waals surface area contributed by atoms with Gasteiger partial charge >= 0.3 is 47.8 Å². The lowest BCUT2D eigenvalue weighted by molar-refractivity contribution is -0.195. The Labute approximate surface area is 360 Å². The number of aliphatic carboxylic acids is 8. The first kappa shape index (κ1) is 57.3. The van der Waals surface area contributed by atoms with E-state index in [1.165, 1.54) is 0 Å². The summed E-state index contributed by atoms with van der Waals surface area (Å²) in [6.07, 6.45) is -14.6. The molecule has 0 rings (SSSR count). The molecule has 0 fully saturated rings. The number of nitrogens with two attached hydrogens (primary N) is 6. The molecule has 29 nitrogen and oxygen atoms in total. The second kappa shape index (κ2) is 24.8. The number of carboxylic acid groups (broad SMARTS) is 8. The van der Waals surface area contributed by atoms with Crippen LogP contribution in [0.15, 0.2) is 0 Å². The molecule has 0 radical (unpaired) electrons. The van der Waals surface area contributed by atoms with Crippen molar-refractivity contribution >= 4 is 82.7 Å². The van der Waals surface area contributed by atoms with E-state index in [0.717, 1.165) is 0 Å². The number of carbonyl (C=O) groups excluding carboxylic acids is 6. The quantitative estimate of drug-likeness (QED) is 0.0273. The highest BCUT2D eigenvalue weighted by Gasteiger charge is 2.80. The summed E-state index contributed by atoms with van der Waals surface area (Å²) in [5, 5.41) is 78.7. The summed E-state index contributed by atoms with van der Waals surface area (Å²) in [7, 11) is 0. The average Bonchev–Trinajstić information content (AvgIpc) is 3.20. The molecule has 0 saturated carbocycles. The van der Waals surface area contributed by atoms with Crippen molar-refractivity contribution in [1.82, 2.24) is 4.90 Å². The van der Waals surface area contributed by atoms with Gasteiger partial charge in [0.2, 0.25) is 17.4 Å². The number of ketones is 4. The normalized spacial score (nSPS) is 15.6. The topological polar surface area (TPSA) is 560 Å². The second-order valence-corrected chi connectivity index (χ2v) is 14.3. The molecular weight excluding hydrogens is 870 g/mol. The number of nitrogens with zero attached hydrogens (tertiary/aromatic N) is 1. The Morgan fingerprint density at radius 1 is 0.375 bits per heavy atom. The zero-order valence-corrected chi connectivity index (χ0v) is 33.7.